The quantitative estimate of drug-likeness (QED) is 0.460. The first kappa shape index (κ1) is 20.0. The average molecular weight is 419 g/mol. The molecule has 0 fully saturated rings. The van der Waals surface area contributed by atoms with Gasteiger partial charge < -0.3 is 10.1 Å². The lowest BCUT2D eigenvalue weighted by Crippen LogP contribution is -2.16. The Bertz CT molecular complexity index is 1200. The molecule has 2 aromatic carbocycles. The molecule has 4 aromatic rings. The number of carbonyl (C=O) groups is 1. The first-order chi connectivity index (χ1) is 14.5. The van der Waals surface area contributed by atoms with Gasteiger partial charge in [-0.3, -0.25) is 9.48 Å². The first-order valence-electron chi connectivity index (χ1n) is 9.51. The molecule has 0 radical (unpaired) electrons. The average Bonchev–Trinajstić information content (AvgIpc) is 3.08. The maximum atomic E-state index is 12.4. The van der Waals surface area contributed by atoms with Crippen LogP contribution in [0.3, 0.4) is 0 Å². The highest BCUT2D eigenvalue weighted by molar-refractivity contribution is 7.99. The van der Waals surface area contributed by atoms with Crippen LogP contribution in [0.5, 0.6) is 5.75 Å². The van der Waals surface area contributed by atoms with Crippen molar-refractivity contribution in [3.63, 3.8) is 0 Å². The van der Waals surface area contributed by atoms with Crippen LogP contribution in [0.15, 0.2) is 65.7 Å². The number of carbonyl (C=O) groups excluding carboxylic acids is 1. The molecule has 7 heteroatoms. The molecule has 4 rings (SSSR count). The molecular formula is C23H22N4O2S. The summed E-state index contributed by atoms with van der Waals surface area (Å²) < 4.78 is 7.03. The van der Waals surface area contributed by atoms with Gasteiger partial charge in [-0.1, -0.05) is 42.1 Å². The van der Waals surface area contributed by atoms with E-state index in [-0.39, 0.29) is 11.7 Å². The lowest BCUT2D eigenvalue weighted by molar-refractivity contribution is -0.113. The zero-order valence-electron chi connectivity index (χ0n) is 17.0. The van der Waals surface area contributed by atoms with Gasteiger partial charge in [0, 0.05) is 24.6 Å². The molecule has 2 heterocycles. The Labute approximate surface area is 179 Å². The molecule has 0 bridgehead atoms. The molecule has 1 N–H and O–H groups in total. The fraction of sp³-hybridized carbons (Fsp3) is 0.174. The van der Waals surface area contributed by atoms with Crippen LogP contribution in [0.4, 0.5) is 5.82 Å². The molecule has 0 aliphatic rings. The molecule has 0 spiro atoms. The van der Waals surface area contributed by atoms with Crippen molar-refractivity contribution in [1.82, 2.24) is 14.8 Å². The summed E-state index contributed by atoms with van der Waals surface area (Å²) in [6, 6.07) is 19.9. The van der Waals surface area contributed by atoms with Crippen molar-refractivity contribution in [1.29, 1.82) is 0 Å². The zero-order valence-corrected chi connectivity index (χ0v) is 17.9. The summed E-state index contributed by atoms with van der Waals surface area (Å²) >= 11 is 1.40. The minimum Gasteiger partial charge on any atom is -0.497 e. The van der Waals surface area contributed by atoms with E-state index in [0.29, 0.717) is 5.82 Å². The maximum Gasteiger partial charge on any atom is 0.235 e. The number of rotatable bonds is 6. The largest absolute Gasteiger partial charge is 0.497 e. The van der Waals surface area contributed by atoms with Crippen molar-refractivity contribution in [3.8, 4) is 16.9 Å². The van der Waals surface area contributed by atoms with Gasteiger partial charge >= 0.3 is 0 Å². The van der Waals surface area contributed by atoms with Crippen molar-refractivity contribution in [3.05, 3.63) is 66.4 Å². The number of thioether (sulfide) groups is 1. The van der Waals surface area contributed by atoms with E-state index in [1.165, 1.54) is 11.8 Å². The number of nitrogens with one attached hydrogen (secondary N) is 1. The molecule has 0 aliphatic heterocycles. The molecule has 30 heavy (non-hydrogen) atoms. The van der Waals surface area contributed by atoms with Crippen LogP contribution < -0.4 is 10.1 Å². The van der Waals surface area contributed by atoms with Crippen LogP contribution in [-0.4, -0.2) is 33.5 Å². The molecule has 152 valence electrons. The van der Waals surface area contributed by atoms with E-state index in [2.05, 4.69) is 22.5 Å². The molecule has 0 saturated heterocycles. The van der Waals surface area contributed by atoms with Gasteiger partial charge in [0.15, 0.2) is 0 Å². The van der Waals surface area contributed by atoms with Crippen LogP contribution in [0, 0.1) is 6.92 Å². The Kier molecular flexibility index (Phi) is 5.72. The molecule has 0 saturated carbocycles. The topological polar surface area (TPSA) is 69.0 Å². The minimum absolute atomic E-state index is 0.100. The smallest absolute Gasteiger partial charge is 0.235 e. The van der Waals surface area contributed by atoms with Crippen molar-refractivity contribution < 1.29 is 9.53 Å². The normalized spacial score (nSPS) is 10.9. The predicted molar refractivity (Wildman–Crippen MR) is 121 cm³/mol. The van der Waals surface area contributed by atoms with Gasteiger partial charge in [0.25, 0.3) is 0 Å². The number of amides is 1. The Morgan fingerprint density at radius 2 is 1.93 bits per heavy atom. The highest BCUT2D eigenvalue weighted by atomic mass is 32.2. The van der Waals surface area contributed by atoms with Crippen molar-refractivity contribution in [2.75, 3.05) is 18.2 Å². The number of hydrogen-bond donors (Lipinski definition) is 1. The van der Waals surface area contributed by atoms with Crippen molar-refractivity contribution in [2.24, 2.45) is 7.05 Å². The second-order valence-electron chi connectivity index (χ2n) is 6.89. The first-order valence-corrected chi connectivity index (χ1v) is 10.5. The number of fused-ring (bicyclic) bond motifs is 1. The monoisotopic (exact) mass is 418 g/mol. The van der Waals surface area contributed by atoms with Crippen LogP contribution in [0.25, 0.3) is 22.0 Å². The van der Waals surface area contributed by atoms with Crippen molar-refractivity contribution in [2.45, 2.75) is 11.9 Å². The fourth-order valence-electron chi connectivity index (χ4n) is 3.29. The Morgan fingerprint density at radius 3 is 2.63 bits per heavy atom. The van der Waals surface area contributed by atoms with Gasteiger partial charge in [-0.2, -0.15) is 5.10 Å². The number of aromatic nitrogens is 3. The van der Waals surface area contributed by atoms with Gasteiger partial charge in [0.1, 0.15) is 11.6 Å². The number of anilines is 1. The third-order valence-corrected chi connectivity index (χ3v) is 5.61. The number of nitrogens with zero attached hydrogens (tertiary/aromatic N) is 3. The Balaban J connectivity index is 1.61. The van der Waals surface area contributed by atoms with Crippen LogP contribution in [0.2, 0.25) is 0 Å². The number of pyridine rings is 1. The van der Waals surface area contributed by atoms with Crippen LogP contribution in [0.1, 0.15) is 5.69 Å². The number of benzene rings is 2. The third kappa shape index (κ3) is 4.31. The van der Waals surface area contributed by atoms with Crippen LogP contribution in [-0.2, 0) is 11.8 Å². The highest BCUT2D eigenvalue weighted by Gasteiger charge is 2.12. The van der Waals surface area contributed by atoms with E-state index in [9.17, 15) is 4.79 Å². The minimum atomic E-state index is -0.100. The van der Waals surface area contributed by atoms with Crippen LogP contribution >= 0.6 is 11.8 Å². The molecule has 0 aliphatic carbocycles. The lowest BCUT2D eigenvalue weighted by Gasteiger charge is -2.11. The van der Waals surface area contributed by atoms with E-state index >= 15 is 0 Å². The van der Waals surface area contributed by atoms with Gasteiger partial charge in [-0.15, -0.1) is 0 Å². The molecule has 0 unspecified atom stereocenters. The summed E-state index contributed by atoms with van der Waals surface area (Å²) in [5.74, 6) is 1.58. The summed E-state index contributed by atoms with van der Waals surface area (Å²) in [6.45, 7) is 1.89. The second kappa shape index (κ2) is 8.59. The fourth-order valence-corrected chi connectivity index (χ4v) is 4.00. The molecule has 2 aromatic heterocycles. The van der Waals surface area contributed by atoms with E-state index < -0.39 is 0 Å². The van der Waals surface area contributed by atoms with Gasteiger partial charge in [-0.05, 0) is 36.2 Å². The van der Waals surface area contributed by atoms with Gasteiger partial charge in [0.2, 0.25) is 5.91 Å². The van der Waals surface area contributed by atoms with Gasteiger partial charge in [-0.25, -0.2) is 4.98 Å². The molecule has 6 nitrogen and oxygen atoms in total. The van der Waals surface area contributed by atoms with Gasteiger partial charge in [0.05, 0.1) is 29.1 Å². The molecule has 1 amide bonds. The van der Waals surface area contributed by atoms with E-state index in [1.54, 1.807) is 18.8 Å². The predicted octanol–water partition coefficient (Wildman–Crippen LogP) is 4.68. The number of hydrogen-bond acceptors (Lipinski definition) is 5. The molecule has 0 atom stereocenters. The standard InChI is InChI=1S/C23H22N4O2S/c1-15-11-21(27(2)26-15)25-22(28)14-30-23-13-19(16-7-5-4-6-8-16)18-10-9-17(29-3)12-20(18)24-23/h4-13H,14H2,1-3H3,(H,25,28). The number of ether oxygens (including phenoxy) is 1. The summed E-state index contributed by atoms with van der Waals surface area (Å²) in [7, 11) is 3.45. The maximum absolute atomic E-state index is 12.4. The summed E-state index contributed by atoms with van der Waals surface area (Å²) in [5, 5.41) is 8.97. The number of aryl methyl sites for hydroxylation is 2. The highest BCUT2D eigenvalue weighted by Crippen LogP contribution is 2.33. The molecular weight excluding hydrogens is 396 g/mol. The van der Waals surface area contributed by atoms with E-state index in [1.807, 2.05) is 55.5 Å². The summed E-state index contributed by atoms with van der Waals surface area (Å²) in [5.41, 5.74) is 3.87. The summed E-state index contributed by atoms with van der Waals surface area (Å²) in [6.07, 6.45) is 0. The summed E-state index contributed by atoms with van der Waals surface area (Å²) in [4.78, 5) is 17.2. The third-order valence-electron chi connectivity index (χ3n) is 4.70. The van der Waals surface area contributed by atoms with E-state index in [0.717, 1.165) is 38.5 Å². The lowest BCUT2D eigenvalue weighted by atomic mass is 10.0. The Hall–Kier alpha value is -3.32. The zero-order chi connectivity index (χ0) is 21.1. The number of methoxy groups -OCH3 is 1. The Morgan fingerprint density at radius 1 is 1.13 bits per heavy atom. The SMILES string of the molecule is COc1ccc2c(-c3ccccc3)cc(SCC(=O)Nc3cc(C)nn3C)nc2c1. The van der Waals surface area contributed by atoms with E-state index in [4.69, 9.17) is 9.72 Å². The second-order valence-corrected chi connectivity index (χ2v) is 7.88. The van der Waals surface area contributed by atoms with Crippen molar-refractivity contribution >= 4 is 34.4 Å².